The van der Waals surface area contributed by atoms with Crippen LogP contribution in [0.3, 0.4) is 0 Å². The number of rotatable bonds is 6. The first-order valence-corrected chi connectivity index (χ1v) is 11.8. The molecule has 1 N–H and O–H groups in total. The summed E-state index contributed by atoms with van der Waals surface area (Å²) in [5.41, 5.74) is 1.46. The second kappa shape index (κ2) is 10.2. The number of hydrogen-bond acceptors (Lipinski definition) is 7. The zero-order chi connectivity index (χ0) is 25.0. The molecule has 0 atom stereocenters. The molecule has 0 unspecified atom stereocenters. The highest BCUT2D eigenvalue weighted by molar-refractivity contribution is 6.13. The smallest absolute Gasteiger partial charge is 0.329 e. The van der Waals surface area contributed by atoms with Crippen molar-refractivity contribution < 1.29 is 14.3 Å². The maximum absolute atomic E-state index is 12.5. The van der Waals surface area contributed by atoms with Crippen molar-refractivity contribution in [2.45, 2.75) is 39.3 Å². The van der Waals surface area contributed by atoms with Gasteiger partial charge >= 0.3 is 6.03 Å². The molecule has 2 fully saturated rings. The number of nitrogens with one attached hydrogen (secondary N) is 1. The monoisotopic (exact) mass is 476 g/mol. The molecule has 1 aromatic carbocycles. The van der Waals surface area contributed by atoms with E-state index in [1.54, 1.807) is 18.3 Å². The van der Waals surface area contributed by atoms with Crippen LogP contribution in [0.15, 0.2) is 60.8 Å². The third-order valence-electron chi connectivity index (χ3n) is 5.68. The van der Waals surface area contributed by atoms with Crippen LogP contribution < -0.4 is 10.2 Å². The van der Waals surface area contributed by atoms with Crippen molar-refractivity contribution in [3.63, 3.8) is 0 Å². The lowest BCUT2D eigenvalue weighted by atomic mass is 10.2. The number of amides is 3. The molecular weight excluding hydrogens is 444 g/mol. The molecule has 0 bridgehead atoms. The van der Waals surface area contributed by atoms with Crippen LogP contribution in [0.4, 0.5) is 10.7 Å². The van der Waals surface area contributed by atoms with Crippen LogP contribution in [0.5, 0.6) is 0 Å². The Morgan fingerprint density at radius 1 is 1.11 bits per heavy atom. The Hall–Kier alpha value is -3.88. The van der Waals surface area contributed by atoms with E-state index in [1.807, 2.05) is 51.1 Å². The number of carbonyl (C=O) groups excluding carboxylic acids is 2. The average Bonchev–Trinajstić information content (AvgIpc) is 2.98. The zero-order valence-electron chi connectivity index (χ0n) is 20.5. The Morgan fingerprint density at radius 2 is 1.89 bits per heavy atom. The van der Waals surface area contributed by atoms with E-state index in [0.29, 0.717) is 30.6 Å². The number of urea groups is 1. The fourth-order valence-electron chi connectivity index (χ4n) is 4.05. The van der Waals surface area contributed by atoms with Gasteiger partial charge in [0.2, 0.25) is 5.95 Å². The van der Waals surface area contributed by atoms with E-state index in [9.17, 15) is 9.59 Å². The van der Waals surface area contributed by atoms with Crippen LogP contribution in [0.2, 0.25) is 0 Å². The predicted octanol–water partition coefficient (Wildman–Crippen LogP) is 3.37. The normalized spacial score (nSPS) is 18.0. The summed E-state index contributed by atoms with van der Waals surface area (Å²) < 4.78 is 5.94. The molecule has 3 amide bonds. The fourth-order valence-corrected chi connectivity index (χ4v) is 4.05. The minimum atomic E-state index is -0.440. The summed E-state index contributed by atoms with van der Waals surface area (Å²) in [6, 6.07) is 10.8. The largest absolute Gasteiger partial charge is 0.474 e. The Morgan fingerprint density at radius 3 is 2.63 bits per heavy atom. The van der Waals surface area contributed by atoms with E-state index in [1.165, 1.54) is 4.90 Å². The molecule has 4 rings (SSSR count). The number of benzene rings is 1. The second-order valence-electron chi connectivity index (χ2n) is 9.58. The minimum absolute atomic E-state index is 0.265. The molecule has 2 aromatic rings. The number of aromatic nitrogens is 2. The van der Waals surface area contributed by atoms with Gasteiger partial charge in [0.05, 0.1) is 12.2 Å². The number of anilines is 1. The van der Waals surface area contributed by atoms with Gasteiger partial charge in [-0.15, -0.1) is 0 Å². The predicted molar refractivity (Wildman–Crippen MR) is 134 cm³/mol. The van der Waals surface area contributed by atoms with Crippen LogP contribution >= 0.6 is 0 Å². The van der Waals surface area contributed by atoms with Crippen molar-refractivity contribution in [1.82, 2.24) is 25.1 Å². The van der Waals surface area contributed by atoms with E-state index in [4.69, 9.17) is 4.74 Å². The molecule has 0 saturated carbocycles. The third kappa shape index (κ3) is 6.17. The molecule has 35 heavy (non-hydrogen) atoms. The van der Waals surface area contributed by atoms with Crippen LogP contribution in [0.1, 0.15) is 38.4 Å². The third-order valence-corrected chi connectivity index (χ3v) is 5.68. The van der Waals surface area contributed by atoms with Crippen LogP contribution in [0.25, 0.3) is 6.08 Å². The lowest BCUT2D eigenvalue weighted by Gasteiger charge is -2.30. The highest BCUT2D eigenvalue weighted by Crippen LogP contribution is 2.22. The van der Waals surface area contributed by atoms with Crippen molar-refractivity contribution >= 4 is 24.0 Å². The molecule has 1 aromatic heterocycles. The molecule has 0 aliphatic carbocycles. The number of hydrogen-bond donors (Lipinski definition) is 1. The van der Waals surface area contributed by atoms with Gasteiger partial charge in [-0.05, 0) is 51.5 Å². The lowest BCUT2D eigenvalue weighted by Crippen LogP contribution is -2.34. The quantitative estimate of drug-likeness (QED) is 0.388. The molecule has 9 heteroatoms. The van der Waals surface area contributed by atoms with Gasteiger partial charge in [-0.3, -0.25) is 15.0 Å². The maximum atomic E-state index is 12.5. The van der Waals surface area contributed by atoms with Crippen LogP contribution in [-0.2, 0) is 16.1 Å². The standard InChI is InChI=1S/C26H32N6O3/c1-19(35-26(2,3)4)30-13-8-14-31(16-15-30)24-27-12-11-21(28-24)17-22-23(33)29-25(34)32(22)18-20-9-6-5-7-10-20/h5-7,9-12,17H,1,8,13-16,18H2,2-4H3,(H,29,33,34)/b22-17-. The van der Waals surface area contributed by atoms with Gasteiger partial charge < -0.3 is 14.5 Å². The van der Waals surface area contributed by atoms with Crippen molar-refractivity contribution in [2.24, 2.45) is 0 Å². The Labute approximate surface area is 206 Å². The van der Waals surface area contributed by atoms with Gasteiger partial charge in [-0.25, -0.2) is 14.8 Å². The van der Waals surface area contributed by atoms with E-state index in [2.05, 4.69) is 31.7 Å². The summed E-state index contributed by atoms with van der Waals surface area (Å²) in [6.45, 7) is 13.5. The first-order chi connectivity index (χ1) is 16.7. The average molecular weight is 477 g/mol. The molecule has 3 heterocycles. The summed E-state index contributed by atoms with van der Waals surface area (Å²) in [6.07, 6.45) is 4.22. The fraction of sp³-hybridized carbons (Fsp3) is 0.385. The maximum Gasteiger partial charge on any atom is 0.329 e. The summed E-state index contributed by atoms with van der Waals surface area (Å²) in [5, 5.41) is 2.38. The van der Waals surface area contributed by atoms with Crippen molar-refractivity contribution in [3.05, 3.63) is 72.0 Å². The van der Waals surface area contributed by atoms with Gasteiger partial charge in [0.25, 0.3) is 5.91 Å². The Balaban J connectivity index is 1.49. The second-order valence-corrected chi connectivity index (χ2v) is 9.58. The molecular formula is C26H32N6O3. The van der Waals surface area contributed by atoms with E-state index in [0.717, 1.165) is 31.6 Å². The van der Waals surface area contributed by atoms with Crippen LogP contribution in [0, 0.1) is 0 Å². The van der Waals surface area contributed by atoms with Crippen LogP contribution in [-0.4, -0.2) is 63.5 Å². The summed E-state index contributed by atoms with van der Waals surface area (Å²) in [4.78, 5) is 39.7. The van der Waals surface area contributed by atoms with E-state index in [-0.39, 0.29) is 11.3 Å². The highest BCUT2D eigenvalue weighted by Gasteiger charge is 2.33. The molecule has 0 spiro atoms. The molecule has 2 aliphatic heterocycles. The molecule has 2 saturated heterocycles. The molecule has 184 valence electrons. The van der Waals surface area contributed by atoms with Gasteiger partial charge in [-0.1, -0.05) is 30.3 Å². The highest BCUT2D eigenvalue weighted by atomic mass is 16.5. The minimum Gasteiger partial charge on any atom is -0.474 e. The van der Waals surface area contributed by atoms with Gasteiger partial charge in [0.15, 0.2) is 5.88 Å². The zero-order valence-corrected chi connectivity index (χ0v) is 20.5. The van der Waals surface area contributed by atoms with E-state index >= 15 is 0 Å². The molecule has 9 nitrogen and oxygen atoms in total. The first kappa shape index (κ1) is 24.3. The molecule has 2 aliphatic rings. The summed E-state index contributed by atoms with van der Waals surface area (Å²) >= 11 is 0. The van der Waals surface area contributed by atoms with Gasteiger partial charge in [-0.2, -0.15) is 0 Å². The SMILES string of the molecule is C=C(OC(C)(C)C)N1CCCN(c2nccc(/C=C3/C(=O)NC(=O)N3Cc3ccccc3)n2)CC1. The Kier molecular flexibility index (Phi) is 7.04. The van der Waals surface area contributed by atoms with Gasteiger partial charge in [0, 0.05) is 32.4 Å². The lowest BCUT2D eigenvalue weighted by molar-refractivity contribution is -0.116. The number of carbonyl (C=O) groups is 2. The van der Waals surface area contributed by atoms with Crippen molar-refractivity contribution in [3.8, 4) is 0 Å². The Bertz CT molecular complexity index is 1130. The topological polar surface area (TPSA) is 90.9 Å². The molecule has 0 radical (unpaired) electrons. The van der Waals surface area contributed by atoms with E-state index < -0.39 is 11.9 Å². The first-order valence-electron chi connectivity index (χ1n) is 11.8. The van der Waals surface area contributed by atoms with Gasteiger partial charge in [0.1, 0.15) is 11.3 Å². The van der Waals surface area contributed by atoms with Crippen molar-refractivity contribution in [1.29, 1.82) is 0 Å². The number of imide groups is 1. The summed E-state index contributed by atoms with van der Waals surface area (Å²) in [7, 11) is 0. The number of ether oxygens (including phenoxy) is 1. The summed E-state index contributed by atoms with van der Waals surface area (Å²) in [5.74, 6) is 0.825. The number of nitrogens with zero attached hydrogens (tertiary/aromatic N) is 5. The van der Waals surface area contributed by atoms with Crippen molar-refractivity contribution in [2.75, 3.05) is 31.1 Å².